The van der Waals surface area contributed by atoms with Crippen molar-refractivity contribution in [2.24, 2.45) is 5.73 Å². The summed E-state index contributed by atoms with van der Waals surface area (Å²) in [6.45, 7) is 2.10. The van der Waals surface area contributed by atoms with Crippen LogP contribution in [0.4, 0.5) is 5.82 Å². The highest BCUT2D eigenvalue weighted by Crippen LogP contribution is 2.33. The van der Waals surface area contributed by atoms with Gasteiger partial charge in [0.2, 0.25) is 5.91 Å². The van der Waals surface area contributed by atoms with Crippen molar-refractivity contribution in [1.82, 2.24) is 19.7 Å². The summed E-state index contributed by atoms with van der Waals surface area (Å²) in [7, 11) is 0. The number of hydrogen-bond donors (Lipinski definition) is 3. The molecular formula is C21H18N6OS. The van der Waals surface area contributed by atoms with Crippen molar-refractivity contribution in [1.29, 1.82) is 0 Å². The predicted octanol–water partition coefficient (Wildman–Crippen LogP) is 3.07. The molecule has 0 saturated heterocycles. The molecule has 0 saturated carbocycles. The van der Waals surface area contributed by atoms with Gasteiger partial charge < -0.3 is 16.4 Å². The van der Waals surface area contributed by atoms with Crippen LogP contribution in [0.5, 0.6) is 0 Å². The second-order valence-corrected chi connectivity index (χ2v) is 7.61. The molecule has 0 atom stereocenters. The molecule has 8 heteroatoms. The highest BCUT2D eigenvalue weighted by molar-refractivity contribution is 7.14. The Balaban J connectivity index is 1.57. The molecule has 0 bridgehead atoms. The summed E-state index contributed by atoms with van der Waals surface area (Å²) in [5.74, 6) is 0.900. The standard InChI is InChI=1S/C21H18N6OS/c22-19(28)14-8-4-7-13-17(27-29-18(13)14)21-25-16-11-23-10-15(16)20(26-21)24-9-12-5-2-1-3-6-12/h1-8,23H,9-11H2,(H2,22,28)(H,24,25,26). The number of hydrogen-bond acceptors (Lipinski definition) is 7. The summed E-state index contributed by atoms with van der Waals surface area (Å²) in [6, 6.07) is 15.6. The Kier molecular flexibility index (Phi) is 4.42. The zero-order valence-corrected chi connectivity index (χ0v) is 16.3. The summed E-state index contributed by atoms with van der Waals surface area (Å²) < 4.78 is 5.31. The van der Waals surface area contributed by atoms with Crippen molar-refractivity contribution < 1.29 is 4.79 Å². The molecule has 2 aromatic heterocycles. The molecule has 5 rings (SSSR count). The number of carbonyl (C=O) groups excluding carboxylic acids is 1. The van der Waals surface area contributed by atoms with E-state index in [1.54, 1.807) is 6.07 Å². The van der Waals surface area contributed by atoms with Crippen molar-refractivity contribution in [3.05, 3.63) is 70.9 Å². The Labute approximate surface area is 171 Å². The zero-order chi connectivity index (χ0) is 19.8. The van der Waals surface area contributed by atoms with Gasteiger partial charge in [0.25, 0.3) is 0 Å². The maximum Gasteiger partial charge on any atom is 0.250 e. The molecule has 1 amide bonds. The van der Waals surface area contributed by atoms with Crippen molar-refractivity contribution in [3.63, 3.8) is 0 Å². The molecule has 1 aliphatic rings. The van der Waals surface area contributed by atoms with Crippen LogP contribution in [0.3, 0.4) is 0 Å². The van der Waals surface area contributed by atoms with E-state index in [0.29, 0.717) is 30.2 Å². The average molecular weight is 402 g/mol. The van der Waals surface area contributed by atoms with E-state index in [0.717, 1.165) is 33.7 Å². The van der Waals surface area contributed by atoms with Crippen LogP contribution in [0.15, 0.2) is 48.5 Å². The first-order chi connectivity index (χ1) is 14.2. The number of rotatable bonds is 5. The van der Waals surface area contributed by atoms with Gasteiger partial charge in [0, 0.05) is 30.6 Å². The SMILES string of the molecule is NC(=O)c1cccc2c(-c3nc4c(c(NCc5ccccc5)n3)CNC4)nsc12. The third-order valence-electron chi connectivity index (χ3n) is 4.97. The molecule has 1 aliphatic heterocycles. The van der Waals surface area contributed by atoms with Gasteiger partial charge >= 0.3 is 0 Å². The second kappa shape index (κ2) is 7.23. The molecule has 4 aromatic rings. The molecule has 0 fully saturated rings. The minimum absolute atomic E-state index is 0.463. The van der Waals surface area contributed by atoms with Crippen molar-refractivity contribution in [2.75, 3.05) is 5.32 Å². The number of fused-ring (bicyclic) bond motifs is 2. The van der Waals surface area contributed by atoms with Crippen LogP contribution in [0.25, 0.3) is 21.6 Å². The van der Waals surface area contributed by atoms with Gasteiger partial charge in [-0.2, -0.15) is 4.37 Å². The minimum atomic E-state index is -0.463. The van der Waals surface area contributed by atoms with E-state index in [-0.39, 0.29) is 0 Å². The molecule has 144 valence electrons. The third-order valence-corrected chi connectivity index (χ3v) is 5.86. The summed E-state index contributed by atoms with van der Waals surface area (Å²) in [6.07, 6.45) is 0. The molecule has 0 unspecified atom stereocenters. The highest BCUT2D eigenvalue weighted by atomic mass is 32.1. The summed E-state index contributed by atoms with van der Waals surface area (Å²) in [4.78, 5) is 21.3. The lowest BCUT2D eigenvalue weighted by Crippen LogP contribution is -2.10. The largest absolute Gasteiger partial charge is 0.366 e. The Hall–Kier alpha value is -3.36. The van der Waals surface area contributed by atoms with E-state index in [1.807, 2.05) is 30.3 Å². The van der Waals surface area contributed by atoms with Gasteiger partial charge in [0.05, 0.1) is 16.0 Å². The van der Waals surface area contributed by atoms with Gasteiger partial charge in [-0.25, -0.2) is 9.97 Å². The molecule has 0 aliphatic carbocycles. The highest BCUT2D eigenvalue weighted by Gasteiger charge is 2.22. The fourth-order valence-electron chi connectivity index (χ4n) is 3.52. The number of primary amides is 1. The number of aromatic nitrogens is 3. The number of nitrogens with zero attached hydrogens (tertiary/aromatic N) is 3. The first-order valence-electron chi connectivity index (χ1n) is 9.27. The average Bonchev–Trinajstić information content (AvgIpc) is 3.39. The molecule has 0 radical (unpaired) electrons. The maximum atomic E-state index is 11.7. The van der Waals surface area contributed by atoms with E-state index in [2.05, 4.69) is 27.1 Å². The first-order valence-corrected chi connectivity index (χ1v) is 10.0. The molecule has 4 N–H and O–H groups in total. The van der Waals surface area contributed by atoms with Crippen molar-refractivity contribution in [2.45, 2.75) is 19.6 Å². The molecule has 0 spiro atoms. The van der Waals surface area contributed by atoms with E-state index < -0.39 is 5.91 Å². The number of benzene rings is 2. The van der Waals surface area contributed by atoms with Gasteiger partial charge in [-0.3, -0.25) is 4.79 Å². The number of amides is 1. The second-order valence-electron chi connectivity index (χ2n) is 6.84. The van der Waals surface area contributed by atoms with E-state index in [1.165, 1.54) is 17.1 Å². The fraction of sp³-hybridized carbons (Fsp3) is 0.143. The normalized spacial score (nSPS) is 12.8. The van der Waals surface area contributed by atoms with Crippen LogP contribution in [-0.4, -0.2) is 20.2 Å². The smallest absolute Gasteiger partial charge is 0.250 e. The molecular weight excluding hydrogens is 384 g/mol. The van der Waals surface area contributed by atoms with Gasteiger partial charge in [-0.1, -0.05) is 42.5 Å². The number of carbonyl (C=O) groups is 1. The fourth-order valence-corrected chi connectivity index (χ4v) is 4.41. The van der Waals surface area contributed by atoms with Gasteiger partial charge in [0.1, 0.15) is 11.5 Å². The molecule has 7 nitrogen and oxygen atoms in total. The predicted molar refractivity (Wildman–Crippen MR) is 113 cm³/mol. The first kappa shape index (κ1) is 17.7. The molecule has 29 heavy (non-hydrogen) atoms. The van der Waals surface area contributed by atoms with Crippen molar-refractivity contribution in [3.8, 4) is 11.5 Å². The summed E-state index contributed by atoms with van der Waals surface area (Å²) in [5.41, 5.74) is 9.89. The number of nitrogens with one attached hydrogen (secondary N) is 2. The lowest BCUT2D eigenvalue weighted by atomic mass is 10.1. The zero-order valence-electron chi connectivity index (χ0n) is 15.5. The third kappa shape index (κ3) is 3.22. The van der Waals surface area contributed by atoms with Crippen LogP contribution >= 0.6 is 11.5 Å². The maximum absolute atomic E-state index is 11.7. The summed E-state index contributed by atoms with van der Waals surface area (Å²) >= 11 is 1.25. The van der Waals surface area contributed by atoms with Crippen LogP contribution in [-0.2, 0) is 19.6 Å². The van der Waals surface area contributed by atoms with Gasteiger partial charge in [0.15, 0.2) is 5.82 Å². The molecule has 2 aromatic carbocycles. The minimum Gasteiger partial charge on any atom is -0.366 e. The Morgan fingerprint density at radius 3 is 2.79 bits per heavy atom. The number of anilines is 1. The van der Waals surface area contributed by atoms with Crippen molar-refractivity contribution >= 4 is 33.3 Å². The van der Waals surface area contributed by atoms with Gasteiger partial charge in [-0.15, -0.1) is 0 Å². The van der Waals surface area contributed by atoms with Crippen LogP contribution < -0.4 is 16.4 Å². The Bertz CT molecular complexity index is 1220. The molecule has 3 heterocycles. The lowest BCUT2D eigenvalue weighted by Gasteiger charge is -2.11. The van der Waals surface area contributed by atoms with Crippen LogP contribution in [0.2, 0.25) is 0 Å². The van der Waals surface area contributed by atoms with Gasteiger partial charge in [-0.05, 0) is 23.2 Å². The lowest BCUT2D eigenvalue weighted by molar-refractivity contribution is 0.100. The van der Waals surface area contributed by atoms with Crippen LogP contribution in [0, 0.1) is 0 Å². The number of nitrogens with two attached hydrogens (primary N) is 1. The van der Waals surface area contributed by atoms with E-state index in [4.69, 9.17) is 15.7 Å². The van der Waals surface area contributed by atoms with E-state index in [9.17, 15) is 4.79 Å². The Morgan fingerprint density at radius 1 is 1.10 bits per heavy atom. The topological polar surface area (TPSA) is 106 Å². The quantitative estimate of drug-likeness (QED) is 0.474. The monoisotopic (exact) mass is 402 g/mol. The summed E-state index contributed by atoms with van der Waals surface area (Å²) in [5, 5.41) is 7.63. The van der Waals surface area contributed by atoms with Crippen LogP contribution in [0.1, 0.15) is 27.2 Å². The Morgan fingerprint density at radius 2 is 1.97 bits per heavy atom. The van der Waals surface area contributed by atoms with E-state index >= 15 is 0 Å².